The van der Waals surface area contributed by atoms with Crippen LogP contribution in [0.4, 0.5) is 5.69 Å². The van der Waals surface area contributed by atoms with E-state index in [1.807, 2.05) is 19.1 Å². The molecule has 0 atom stereocenters. The van der Waals surface area contributed by atoms with Crippen molar-refractivity contribution >= 4 is 40.1 Å². The van der Waals surface area contributed by atoms with Gasteiger partial charge in [0.05, 0.1) is 0 Å². The van der Waals surface area contributed by atoms with Crippen LogP contribution in [0.15, 0.2) is 18.2 Å². The van der Waals surface area contributed by atoms with Crippen molar-refractivity contribution in [3.05, 3.63) is 27.3 Å². The van der Waals surface area contributed by atoms with Gasteiger partial charge in [0, 0.05) is 15.3 Å². The molecule has 1 saturated carbocycles. The third-order valence-corrected chi connectivity index (χ3v) is 3.23. The van der Waals surface area contributed by atoms with Crippen molar-refractivity contribution in [3.63, 3.8) is 0 Å². The Bertz CT molecular complexity index is 470. The van der Waals surface area contributed by atoms with Crippen LogP contribution >= 0.6 is 22.6 Å². The molecule has 2 N–H and O–H groups in total. The van der Waals surface area contributed by atoms with E-state index >= 15 is 0 Å². The lowest BCUT2D eigenvalue weighted by atomic mass is 10.2. The molecule has 5 heteroatoms. The molecule has 1 aromatic carbocycles. The lowest BCUT2D eigenvalue weighted by Gasteiger charge is -2.08. The monoisotopic (exact) mass is 344 g/mol. The molecule has 0 unspecified atom stereocenters. The number of hydrogen-bond acceptors (Lipinski definition) is 2. The normalized spacial score (nSPS) is 14.2. The van der Waals surface area contributed by atoms with Gasteiger partial charge in [0.15, 0.2) is 0 Å². The number of aryl methyl sites for hydroxylation is 1. The highest BCUT2D eigenvalue weighted by atomic mass is 127. The first-order chi connectivity index (χ1) is 8.06. The summed E-state index contributed by atoms with van der Waals surface area (Å²) < 4.78 is 1.10. The number of carbonyl (C=O) groups excluding carboxylic acids is 2. The second-order valence-electron chi connectivity index (χ2n) is 4.16. The number of halogens is 1. The molecule has 1 aliphatic rings. The van der Waals surface area contributed by atoms with E-state index in [2.05, 4.69) is 33.2 Å². The molecule has 0 radical (unpaired) electrons. The maximum atomic E-state index is 11.6. The van der Waals surface area contributed by atoms with Crippen molar-refractivity contribution in [3.8, 4) is 0 Å². The molecular formula is C12H13IN2O2. The van der Waals surface area contributed by atoms with Crippen LogP contribution in [0.2, 0.25) is 0 Å². The minimum Gasteiger partial charge on any atom is -0.345 e. The molecule has 17 heavy (non-hydrogen) atoms. The SMILES string of the molecule is Cc1cc(I)ccc1NC(=O)C(=O)NC1CC1. The van der Waals surface area contributed by atoms with Crippen LogP contribution in [0.3, 0.4) is 0 Å². The summed E-state index contributed by atoms with van der Waals surface area (Å²) in [5.41, 5.74) is 1.63. The van der Waals surface area contributed by atoms with Gasteiger partial charge in [-0.15, -0.1) is 0 Å². The zero-order chi connectivity index (χ0) is 12.4. The number of anilines is 1. The van der Waals surface area contributed by atoms with Crippen molar-refractivity contribution in [1.29, 1.82) is 0 Å². The van der Waals surface area contributed by atoms with Gasteiger partial charge in [-0.3, -0.25) is 9.59 Å². The quantitative estimate of drug-likeness (QED) is 0.635. The number of rotatable bonds is 2. The largest absolute Gasteiger partial charge is 0.345 e. The molecule has 0 heterocycles. The fourth-order valence-electron chi connectivity index (χ4n) is 1.43. The van der Waals surface area contributed by atoms with E-state index in [1.54, 1.807) is 6.07 Å². The van der Waals surface area contributed by atoms with Gasteiger partial charge in [-0.05, 0) is 66.1 Å². The van der Waals surface area contributed by atoms with E-state index in [9.17, 15) is 9.59 Å². The van der Waals surface area contributed by atoms with Crippen molar-refractivity contribution in [2.45, 2.75) is 25.8 Å². The minimum absolute atomic E-state index is 0.200. The summed E-state index contributed by atoms with van der Waals surface area (Å²) in [6.45, 7) is 1.90. The van der Waals surface area contributed by atoms with Gasteiger partial charge in [-0.1, -0.05) is 0 Å². The lowest BCUT2D eigenvalue weighted by Crippen LogP contribution is -2.36. The lowest BCUT2D eigenvalue weighted by molar-refractivity contribution is -0.136. The first-order valence-electron chi connectivity index (χ1n) is 5.44. The van der Waals surface area contributed by atoms with E-state index in [-0.39, 0.29) is 6.04 Å². The highest BCUT2D eigenvalue weighted by molar-refractivity contribution is 14.1. The molecular weight excluding hydrogens is 331 g/mol. The molecule has 2 rings (SSSR count). The van der Waals surface area contributed by atoms with Gasteiger partial charge in [-0.25, -0.2) is 0 Å². The van der Waals surface area contributed by atoms with Gasteiger partial charge >= 0.3 is 11.8 Å². The molecule has 1 aromatic rings. The van der Waals surface area contributed by atoms with E-state index in [4.69, 9.17) is 0 Å². The zero-order valence-electron chi connectivity index (χ0n) is 9.42. The molecule has 0 aromatic heterocycles. The van der Waals surface area contributed by atoms with Crippen LogP contribution in [0.5, 0.6) is 0 Å². The number of benzene rings is 1. The average molecular weight is 344 g/mol. The molecule has 90 valence electrons. The summed E-state index contributed by atoms with van der Waals surface area (Å²) in [5, 5.41) is 5.27. The summed E-state index contributed by atoms with van der Waals surface area (Å²) in [5.74, 6) is -1.15. The van der Waals surface area contributed by atoms with Gasteiger partial charge in [0.25, 0.3) is 0 Å². The van der Waals surface area contributed by atoms with Gasteiger partial charge in [-0.2, -0.15) is 0 Å². The highest BCUT2D eigenvalue weighted by Gasteiger charge is 2.26. The first-order valence-corrected chi connectivity index (χ1v) is 6.52. The topological polar surface area (TPSA) is 58.2 Å². The number of hydrogen-bond donors (Lipinski definition) is 2. The zero-order valence-corrected chi connectivity index (χ0v) is 11.6. The second kappa shape index (κ2) is 5.03. The Morgan fingerprint density at radius 2 is 2.00 bits per heavy atom. The molecule has 0 spiro atoms. The predicted molar refractivity (Wildman–Crippen MR) is 73.7 cm³/mol. The first kappa shape index (κ1) is 12.3. The van der Waals surface area contributed by atoms with E-state index in [0.717, 1.165) is 22.0 Å². The third kappa shape index (κ3) is 3.42. The van der Waals surface area contributed by atoms with Crippen molar-refractivity contribution < 1.29 is 9.59 Å². The van der Waals surface area contributed by atoms with Gasteiger partial charge < -0.3 is 10.6 Å². The summed E-state index contributed by atoms with van der Waals surface area (Å²) in [6.07, 6.45) is 1.95. The van der Waals surface area contributed by atoms with Gasteiger partial charge in [0.1, 0.15) is 0 Å². The maximum absolute atomic E-state index is 11.6. The molecule has 1 fully saturated rings. The Hall–Kier alpha value is -1.11. The average Bonchev–Trinajstić information content (AvgIpc) is 3.06. The smallest absolute Gasteiger partial charge is 0.313 e. The number of amides is 2. The fourth-order valence-corrected chi connectivity index (χ4v) is 2.07. The van der Waals surface area contributed by atoms with Crippen LogP contribution < -0.4 is 10.6 Å². The Morgan fingerprint density at radius 1 is 1.29 bits per heavy atom. The van der Waals surface area contributed by atoms with Crippen LogP contribution in [-0.2, 0) is 9.59 Å². The summed E-state index contributed by atoms with van der Waals surface area (Å²) >= 11 is 2.20. The van der Waals surface area contributed by atoms with Gasteiger partial charge in [0.2, 0.25) is 0 Å². The molecule has 0 saturated heterocycles. The van der Waals surface area contributed by atoms with E-state index in [0.29, 0.717) is 5.69 Å². The van der Waals surface area contributed by atoms with E-state index < -0.39 is 11.8 Å². The fraction of sp³-hybridized carbons (Fsp3) is 0.333. The predicted octanol–water partition coefficient (Wildman–Crippen LogP) is 1.82. The Morgan fingerprint density at radius 3 is 2.59 bits per heavy atom. The molecule has 2 amide bonds. The summed E-state index contributed by atoms with van der Waals surface area (Å²) in [7, 11) is 0. The second-order valence-corrected chi connectivity index (χ2v) is 5.41. The number of carbonyl (C=O) groups is 2. The Balaban J connectivity index is 1.99. The van der Waals surface area contributed by atoms with Crippen molar-refractivity contribution in [1.82, 2.24) is 5.32 Å². The molecule has 0 aliphatic heterocycles. The minimum atomic E-state index is -0.596. The van der Waals surface area contributed by atoms with Crippen molar-refractivity contribution in [2.75, 3.05) is 5.32 Å². The van der Waals surface area contributed by atoms with Crippen LogP contribution in [-0.4, -0.2) is 17.9 Å². The standard InChI is InChI=1S/C12H13IN2O2/c1-7-6-8(13)2-5-10(7)15-12(17)11(16)14-9-3-4-9/h2,5-6,9H,3-4H2,1H3,(H,14,16)(H,15,17). The molecule has 1 aliphatic carbocycles. The van der Waals surface area contributed by atoms with Crippen LogP contribution in [0.1, 0.15) is 18.4 Å². The Kier molecular flexibility index (Phi) is 3.66. The van der Waals surface area contributed by atoms with Crippen LogP contribution in [0.25, 0.3) is 0 Å². The molecule has 4 nitrogen and oxygen atoms in total. The van der Waals surface area contributed by atoms with E-state index in [1.165, 1.54) is 0 Å². The highest BCUT2D eigenvalue weighted by Crippen LogP contribution is 2.19. The molecule has 0 bridgehead atoms. The summed E-state index contributed by atoms with van der Waals surface area (Å²) in [6, 6.07) is 5.85. The maximum Gasteiger partial charge on any atom is 0.313 e. The summed E-state index contributed by atoms with van der Waals surface area (Å²) in [4.78, 5) is 23.0. The third-order valence-electron chi connectivity index (χ3n) is 2.56. The van der Waals surface area contributed by atoms with Crippen molar-refractivity contribution in [2.24, 2.45) is 0 Å². The van der Waals surface area contributed by atoms with Crippen LogP contribution in [0, 0.1) is 10.5 Å². The Labute approximate surface area is 113 Å². The number of nitrogens with one attached hydrogen (secondary N) is 2.